The lowest BCUT2D eigenvalue weighted by atomic mass is 9.90. The summed E-state index contributed by atoms with van der Waals surface area (Å²) in [6, 6.07) is 8.26. The van der Waals surface area contributed by atoms with Crippen LogP contribution in [0.4, 0.5) is 10.6 Å². The van der Waals surface area contributed by atoms with Crippen LogP contribution < -0.4 is 10.6 Å². The number of anilines is 1. The lowest BCUT2D eigenvalue weighted by Crippen LogP contribution is -2.40. The largest absolute Gasteiger partial charge is 0.469 e. The Morgan fingerprint density at radius 1 is 1.24 bits per heavy atom. The molecule has 1 aromatic heterocycles. The number of rotatable bonds is 6. The summed E-state index contributed by atoms with van der Waals surface area (Å²) in [5, 5.41) is 6.44. The summed E-state index contributed by atoms with van der Waals surface area (Å²) >= 11 is 7.14. The minimum atomic E-state index is -0.237. The average Bonchev–Trinajstić information content (AvgIpc) is 3.01. The highest BCUT2D eigenvalue weighted by molar-refractivity contribution is 9.13. The number of amides is 2. The molecule has 1 unspecified atom stereocenters. The predicted octanol–water partition coefficient (Wildman–Crippen LogP) is 5.16. The summed E-state index contributed by atoms with van der Waals surface area (Å²) in [6.07, 6.45) is 4.88. The van der Waals surface area contributed by atoms with E-state index < -0.39 is 0 Å². The molecule has 0 spiro atoms. The lowest BCUT2D eigenvalue weighted by molar-refractivity contribution is -0.141. The minimum absolute atomic E-state index is 0.00772. The van der Waals surface area contributed by atoms with Crippen LogP contribution in [-0.4, -0.2) is 48.6 Å². The van der Waals surface area contributed by atoms with Crippen molar-refractivity contribution in [3.05, 3.63) is 55.6 Å². The first-order valence-electron chi connectivity index (χ1n) is 11.7. The van der Waals surface area contributed by atoms with Crippen molar-refractivity contribution in [3.8, 4) is 0 Å². The molecule has 2 N–H and O–H groups in total. The SMILES string of the molecule is COC(=O)CC1CCN(C(=O)NCCCc2ccc3c(n2)NCCC3)Cc2cc(Br)c(Br)cc21. The Labute approximate surface area is 217 Å². The Hall–Kier alpha value is -2.13. The first-order chi connectivity index (χ1) is 16.4. The van der Waals surface area contributed by atoms with Gasteiger partial charge < -0.3 is 20.3 Å². The van der Waals surface area contributed by atoms with Gasteiger partial charge in [0, 0.05) is 40.8 Å². The van der Waals surface area contributed by atoms with Gasteiger partial charge in [0.2, 0.25) is 0 Å². The molecule has 182 valence electrons. The van der Waals surface area contributed by atoms with Gasteiger partial charge in [-0.3, -0.25) is 4.79 Å². The van der Waals surface area contributed by atoms with E-state index in [1.165, 1.54) is 12.7 Å². The minimum Gasteiger partial charge on any atom is -0.469 e. The third-order valence-electron chi connectivity index (χ3n) is 6.50. The standard InChI is InChI=1S/C25H30Br2N4O3/c1-34-23(32)13-17-8-11-31(15-18-12-21(26)22(27)14-20(17)18)25(33)29-10-3-5-19-7-6-16-4-2-9-28-24(16)30-19/h6-7,12,14,17H,2-5,8-11,13,15H2,1H3,(H,28,30)(H,29,33). The fraction of sp³-hybridized carbons (Fsp3) is 0.480. The number of aromatic nitrogens is 1. The molecule has 1 atom stereocenters. The summed E-state index contributed by atoms with van der Waals surface area (Å²) in [4.78, 5) is 31.5. The zero-order valence-corrected chi connectivity index (χ0v) is 22.5. The quantitative estimate of drug-likeness (QED) is 0.357. The molecule has 1 aromatic carbocycles. The van der Waals surface area contributed by atoms with Gasteiger partial charge in [-0.15, -0.1) is 0 Å². The molecular formula is C25H30Br2N4O3. The van der Waals surface area contributed by atoms with Gasteiger partial charge in [-0.1, -0.05) is 6.07 Å². The first-order valence-corrected chi connectivity index (χ1v) is 13.3. The van der Waals surface area contributed by atoms with Crippen LogP contribution >= 0.6 is 31.9 Å². The van der Waals surface area contributed by atoms with Gasteiger partial charge in [0.15, 0.2) is 0 Å². The van der Waals surface area contributed by atoms with Crippen molar-refractivity contribution in [1.29, 1.82) is 0 Å². The van der Waals surface area contributed by atoms with E-state index in [0.717, 1.165) is 63.8 Å². The number of esters is 1. The molecule has 0 bridgehead atoms. The molecule has 0 aliphatic carbocycles. The second-order valence-corrected chi connectivity index (χ2v) is 10.5. The van der Waals surface area contributed by atoms with Gasteiger partial charge in [-0.25, -0.2) is 9.78 Å². The molecule has 0 fully saturated rings. The van der Waals surface area contributed by atoms with E-state index in [9.17, 15) is 9.59 Å². The van der Waals surface area contributed by atoms with Crippen molar-refractivity contribution in [1.82, 2.24) is 15.2 Å². The van der Waals surface area contributed by atoms with Crippen LogP contribution in [0.3, 0.4) is 0 Å². The van der Waals surface area contributed by atoms with E-state index in [4.69, 9.17) is 9.72 Å². The zero-order valence-electron chi connectivity index (χ0n) is 19.3. The van der Waals surface area contributed by atoms with Crippen LogP contribution in [-0.2, 0) is 28.9 Å². The Kier molecular flexibility index (Phi) is 8.47. The number of nitrogens with one attached hydrogen (secondary N) is 2. The molecule has 3 heterocycles. The number of nitrogens with zero attached hydrogens (tertiary/aromatic N) is 2. The number of carbonyl (C=O) groups is 2. The molecule has 2 aromatic rings. The Morgan fingerprint density at radius 2 is 2.06 bits per heavy atom. The number of urea groups is 1. The van der Waals surface area contributed by atoms with Crippen molar-refractivity contribution < 1.29 is 14.3 Å². The summed E-state index contributed by atoms with van der Waals surface area (Å²) in [6.45, 7) is 2.65. The van der Waals surface area contributed by atoms with Gasteiger partial charge in [0.25, 0.3) is 0 Å². The van der Waals surface area contributed by atoms with E-state index in [-0.39, 0.29) is 17.9 Å². The number of hydrogen-bond donors (Lipinski definition) is 2. The van der Waals surface area contributed by atoms with Gasteiger partial charge in [0.05, 0.1) is 13.5 Å². The first kappa shape index (κ1) is 25.0. The maximum Gasteiger partial charge on any atom is 0.317 e. The Morgan fingerprint density at radius 3 is 2.88 bits per heavy atom. The molecule has 7 nitrogen and oxygen atoms in total. The average molecular weight is 594 g/mol. The molecule has 2 aliphatic rings. The predicted molar refractivity (Wildman–Crippen MR) is 139 cm³/mol. The van der Waals surface area contributed by atoms with Crippen LogP contribution in [0.15, 0.2) is 33.2 Å². The van der Waals surface area contributed by atoms with Crippen LogP contribution in [0.1, 0.15) is 54.0 Å². The summed E-state index contributed by atoms with van der Waals surface area (Å²) in [5.41, 5.74) is 4.46. The molecule has 34 heavy (non-hydrogen) atoms. The van der Waals surface area contributed by atoms with Crippen molar-refractivity contribution in [2.75, 3.05) is 32.1 Å². The van der Waals surface area contributed by atoms with Gasteiger partial charge in [-0.2, -0.15) is 0 Å². The summed E-state index contributed by atoms with van der Waals surface area (Å²) in [7, 11) is 1.41. The number of methoxy groups -OCH3 is 1. The molecule has 0 radical (unpaired) electrons. The van der Waals surface area contributed by atoms with Gasteiger partial charge in [-0.05, 0) is 105 Å². The second-order valence-electron chi connectivity index (χ2n) is 8.83. The highest BCUT2D eigenvalue weighted by Gasteiger charge is 2.27. The van der Waals surface area contributed by atoms with Crippen LogP contribution in [0.2, 0.25) is 0 Å². The third kappa shape index (κ3) is 6.10. The second kappa shape index (κ2) is 11.5. The molecular weight excluding hydrogens is 564 g/mol. The topological polar surface area (TPSA) is 83.6 Å². The Balaban J connectivity index is 1.35. The van der Waals surface area contributed by atoms with Crippen molar-refractivity contribution in [2.24, 2.45) is 0 Å². The van der Waals surface area contributed by atoms with E-state index >= 15 is 0 Å². The van der Waals surface area contributed by atoms with E-state index in [1.54, 1.807) is 0 Å². The number of halogens is 2. The van der Waals surface area contributed by atoms with E-state index in [0.29, 0.717) is 32.5 Å². The highest BCUT2D eigenvalue weighted by atomic mass is 79.9. The highest BCUT2D eigenvalue weighted by Crippen LogP contribution is 2.36. The van der Waals surface area contributed by atoms with Crippen LogP contribution in [0.25, 0.3) is 0 Å². The van der Waals surface area contributed by atoms with Crippen LogP contribution in [0.5, 0.6) is 0 Å². The van der Waals surface area contributed by atoms with Crippen molar-refractivity contribution in [2.45, 2.75) is 51.0 Å². The molecule has 4 rings (SSSR count). The number of benzene rings is 1. The van der Waals surface area contributed by atoms with Gasteiger partial charge in [0.1, 0.15) is 5.82 Å². The number of fused-ring (bicyclic) bond motifs is 2. The van der Waals surface area contributed by atoms with Crippen LogP contribution in [0, 0.1) is 0 Å². The molecule has 9 heteroatoms. The summed E-state index contributed by atoms with van der Waals surface area (Å²) < 4.78 is 6.77. The fourth-order valence-electron chi connectivity index (χ4n) is 4.63. The molecule has 0 saturated heterocycles. The lowest BCUT2D eigenvalue weighted by Gasteiger charge is -2.22. The maximum absolute atomic E-state index is 13.0. The zero-order chi connectivity index (χ0) is 24.1. The van der Waals surface area contributed by atoms with Crippen molar-refractivity contribution in [3.63, 3.8) is 0 Å². The molecule has 0 saturated carbocycles. The number of ether oxygens (including phenoxy) is 1. The molecule has 2 aliphatic heterocycles. The molecule has 2 amide bonds. The third-order valence-corrected chi connectivity index (χ3v) is 8.34. The number of pyridine rings is 1. The number of aryl methyl sites for hydroxylation is 2. The van der Waals surface area contributed by atoms with E-state index in [1.807, 2.05) is 11.0 Å². The fourth-order valence-corrected chi connectivity index (χ4v) is 5.38. The maximum atomic E-state index is 13.0. The summed E-state index contributed by atoms with van der Waals surface area (Å²) in [5.74, 6) is 0.780. The Bertz CT molecular complexity index is 1060. The number of carbonyl (C=O) groups excluding carboxylic acids is 2. The van der Waals surface area contributed by atoms with Crippen molar-refractivity contribution >= 4 is 49.7 Å². The van der Waals surface area contributed by atoms with E-state index in [2.05, 4.69) is 60.7 Å². The smallest absolute Gasteiger partial charge is 0.317 e. The number of hydrogen-bond acceptors (Lipinski definition) is 5. The van der Waals surface area contributed by atoms with Gasteiger partial charge >= 0.3 is 12.0 Å². The normalized spacial score (nSPS) is 17.1. The monoisotopic (exact) mass is 592 g/mol.